The number of aromatic nitrogens is 2. The zero-order valence-corrected chi connectivity index (χ0v) is 20.7. The molecule has 186 valence electrons. The lowest BCUT2D eigenvalue weighted by Crippen LogP contribution is -2.15. The number of anilines is 2. The summed E-state index contributed by atoms with van der Waals surface area (Å²) in [6.07, 6.45) is -2.59. The molecular weight excluding hydrogens is 525 g/mol. The predicted molar refractivity (Wildman–Crippen MR) is 131 cm³/mol. The van der Waals surface area contributed by atoms with Gasteiger partial charge >= 0.3 is 6.18 Å². The highest BCUT2D eigenvalue weighted by Gasteiger charge is 2.31. The van der Waals surface area contributed by atoms with Crippen molar-refractivity contribution in [2.24, 2.45) is 0 Å². The van der Waals surface area contributed by atoms with Crippen LogP contribution >= 0.6 is 34.7 Å². The quantitative estimate of drug-likeness (QED) is 0.175. The third kappa shape index (κ3) is 8.11. The van der Waals surface area contributed by atoms with Gasteiger partial charge in [0.1, 0.15) is 5.75 Å². The third-order valence-corrected chi connectivity index (χ3v) is 6.71. The van der Waals surface area contributed by atoms with E-state index in [0.29, 0.717) is 22.3 Å². The highest BCUT2D eigenvalue weighted by atomic mass is 35.5. The van der Waals surface area contributed by atoms with E-state index in [4.69, 9.17) is 16.3 Å². The number of alkyl halides is 3. The van der Waals surface area contributed by atoms with Gasteiger partial charge in [-0.2, -0.15) is 13.2 Å². The van der Waals surface area contributed by atoms with Crippen molar-refractivity contribution in [2.75, 3.05) is 23.0 Å². The summed E-state index contributed by atoms with van der Waals surface area (Å²) in [7, 11) is 0. The Bertz CT molecular complexity index is 1170. The summed E-state index contributed by atoms with van der Waals surface area (Å²) in [6.45, 7) is 2.68. The standard InChI is InChI=1S/C22H20ClF3N4O3S2/c1-2-3-10-33-15-7-4-13(5-8-15)19(32)28-20-29-30-21(35-20)34-12-18(31)27-17-11-14(22(24,25)26)6-9-16(17)23/h4-9,11H,2-3,10,12H2,1H3,(H,27,31)(H,28,29,32). The highest BCUT2D eigenvalue weighted by Crippen LogP contribution is 2.34. The Kier molecular flexibility index (Phi) is 9.35. The maximum absolute atomic E-state index is 12.9. The van der Waals surface area contributed by atoms with Crippen molar-refractivity contribution in [2.45, 2.75) is 30.3 Å². The summed E-state index contributed by atoms with van der Waals surface area (Å²) in [4.78, 5) is 24.6. The number of hydrogen-bond acceptors (Lipinski definition) is 7. The van der Waals surface area contributed by atoms with Crippen LogP contribution in [-0.2, 0) is 11.0 Å². The van der Waals surface area contributed by atoms with Crippen LogP contribution in [0.15, 0.2) is 46.8 Å². The number of benzene rings is 2. The average Bonchev–Trinajstić information content (AvgIpc) is 3.26. The van der Waals surface area contributed by atoms with E-state index >= 15 is 0 Å². The van der Waals surface area contributed by atoms with E-state index in [0.717, 1.165) is 54.1 Å². The first-order chi connectivity index (χ1) is 16.7. The molecular formula is C22H20ClF3N4O3S2. The highest BCUT2D eigenvalue weighted by molar-refractivity contribution is 8.01. The molecule has 3 aromatic rings. The van der Waals surface area contributed by atoms with E-state index in [1.54, 1.807) is 24.3 Å². The molecule has 2 N–H and O–H groups in total. The Hall–Kier alpha value is -2.83. The first-order valence-electron chi connectivity index (χ1n) is 10.3. The molecule has 35 heavy (non-hydrogen) atoms. The van der Waals surface area contributed by atoms with Crippen LogP contribution in [0.1, 0.15) is 35.7 Å². The second-order valence-electron chi connectivity index (χ2n) is 7.08. The summed E-state index contributed by atoms with van der Waals surface area (Å²) in [6, 6.07) is 9.36. The van der Waals surface area contributed by atoms with E-state index in [1.807, 2.05) is 0 Å². The number of halogens is 4. The summed E-state index contributed by atoms with van der Waals surface area (Å²) < 4.78 is 44.6. The molecule has 0 radical (unpaired) electrons. The van der Waals surface area contributed by atoms with Crippen LogP contribution in [0.5, 0.6) is 5.75 Å². The zero-order valence-electron chi connectivity index (χ0n) is 18.3. The minimum atomic E-state index is -4.56. The first-order valence-corrected chi connectivity index (χ1v) is 12.5. The summed E-state index contributed by atoms with van der Waals surface area (Å²) in [5, 5.41) is 13.0. The summed E-state index contributed by atoms with van der Waals surface area (Å²) >= 11 is 7.97. The molecule has 0 aliphatic rings. The van der Waals surface area contributed by atoms with Gasteiger partial charge in [-0.05, 0) is 48.9 Å². The number of carbonyl (C=O) groups is 2. The first kappa shape index (κ1) is 26.8. The number of thioether (sulfide) groups is 1. The Labute approximate surface area is 212 Å². The maximum Gasteiger partial charge on any atom is 0.416 e. The lowest BCUT2D eigenvalue weighted by atomic mass is 10.2. The van der Waals surface area contributed by atoms with Crippen LogP contribution < -0.4 is 15.4 Å². The van der Waals surface area contributed by atoms with Gasteiger partial charge in [-0.25, -0.2) is 0 Å². The number of unbranched alkanes of at least 4 members (excludes halogenated alkanes) is 1. The predicted octanol–water partition coefficient (Wildman–Crippen LogP) is 6.37. The van der Waals surface area contributed by atoms with Crippen molar-refractivity contribution in [1.82, 2.24) is 10.2 Å². The lowest BCUT2D eigenvalue weighted by Gasteiger charge is -2.11. The molecule has 1 heterocycles. The largest absolute Gasteiger partial charge is 0.494 e. The Morgan fingerprint density at radius 2 is 1.86 bits per heavy atom. The SMILES string of the molecule is CCCCOc1ccc(C(=O)Nc2nnc(SCC(=O)Nc3cc(C(F)(F)F)ccc3Cl)s2)cc1. The van der Waals surface area contributed by atoms with Gasteiger partial charge in [0.05, 0.1) is 28.6 Å². The second-order valence-corrected chi connectivity index (χ2v) is 9.69. The van der Waals surface area contributed by atoms with Crippen LogP contribution in [0, 0.1) is 0 Å². The van der Waals surface area contributed by atoms with Crippen LogP contribution in [0.4, 0.5) is 24.0 Å². The summed E-state index contributed by atoms with van der Waals surface area (Å²) in [5.41, 5.74) is -0.651. The van der Waals surface area contributed by atoms with Gasteiger partial charge in [0.15, 0.2) is 4.34 Å². The average molecular weight is 545 g/mol. The molecule has 13 heteroatoms. The number of carbonyl (C=O) groups excluding carboxylic acids is 2. The van der Waals surface area contributed by atoms with Crippen molar-refractivity contribution >= 4 is 57.3 Å². The Morgan fingerprint density at radius 3 is 2.54 bits per heavy atom. The fourth-order valence-corrected chi connectivity index (χ4v) is 4.35. The van der Waals surface area contributed by atoms with E-state index < -0.39 is 17.6 Å². The van der Waals surface area contributed by atoms with Crippen molar-refractivity contribution in [3.63, 3.8) is 0 Å². The number of rotatable bonds is 10. The number of nitrogens with zero attached hydrogens (tertiary/aromatic N) is 2. The maximum atomic E-state index is 12.9. The van der Waals surface area contributed by atoms with Crippen LogP contribution in [0.25, 0.3) is 0 Å². The van der Waals surface area contributed by atoms with E-state index in [2.05, 4.69) is 27.8 Å². The van der Waals surface area contributed by atoms with Crippen molar-refractivity contribution in [1.29, 1.82) is 0 Å². The molecule has 0 bridgehead atoms. The Balaban J connectivity index is 1.50. The van der Waals surface area contributed by atoms with E-state index in [-0.39, 0.29) is 27.5 Å². The number of hydrogen-bond donors (Lipinski definition) is 2. The van der Waals surface area contributed by atoms with Gasteiger partial charge in [0.2, 0.25) is 11.0 Å². The van der Waals surface area contributed by atoms with Gasteiger partial charge in [-0.1, -0.05) is 48.0 Å². The minimum Gasteiger partial charge on any atom is -0.494 e. The van der Waals surface area contributed by atoms with Crippen LogP contribution in [0.2, 0.25) is 5.02 Å². The van der Waals surface area contributed by atoms with Gasteiger partial charge in [-0.3, -0.25) is 14.9 Å². The molecule has 0 atom stereocenters. The van der Waals surface area contributed by atoms with Gasteiger partial charge in [-0.15, -0.1) is 10.2 Å². The molecule has 0 aliphatic heterocycles. The zero-order chi connectivity index (χ0) is 25.4. The fourth-order valence-electron chi connectivity index (χ4n) is 2.64. The molecule has 3 rings (SSSR count). The molecule has 0 aliphatic carbocycles. The lowest BCUT2D eigenvalue weighted by molar-refractivity contribution is -0.137. The number of ether oxygens (including phenoxy) is 1. The molecule has 1 aromatic heterocycles. The fraction of sp³-hybridized carbons (Fsp3) is 0.273. The van der Waals surface area contributed by atoms with Crippen molar-refractivity contribution in [3.8, 4) is 5.75 Å². The second kappa shape index (κ2) is 12.2. The molecule has 0 fully saturated rings. The van der Waals surface area contributed by atoms with Gasteiger partial charge in [0.25, 0.3) is 5.91 Å². The monoisotopic (exact) mass is 544 g/mol. The number of amides is 2. The van der Waals surface area contributed by atoms with E-state index in [1.165, 1.54) is 0 Å². The third-order valence-electron chi connectivity index (χ3n) is 4.40. The smallest absolute Gasteiger partial charge is 0.416 e. The van der Waals surface area contributed by atoms with Crippen molar-refractivity contribution < 1.29 is 27.5 Å². The normalized spacial score (nSPS) is 11.2. The van der Waals surface area contributed by atoms with Gasteiger partial charge in [0, 0.05) is 5.56 Å². The molecule has 7 nitrogen and oxygen atoms in total. The molecule has 0 saturated heterocycles. The molecule has 0 saturated carbocycles. The molecule has 2 aromatic carbocycles. The molecule has 0 unspecified atom stereocenters. The minimum absolute atomic E-state index is 0.0159. The molecule has 0 spiro atoms. The molecule has 2 amide bonds. The van der Waals surface area contributed by atoms with Gasteiger partial charge < -0.3 is 10.1 Å². The van der Waals surface area contributed by atoms with Crippen LogP contribution in [0.3, 0.4) is 0 Å². The van der Waals surface area contributed by atoms with Crippen LogP contribution in [-0.4, -0.2) is 34.4 Å². The topological polar surface area (TPSA) is 93.2 Å². The van der Waals surface area contributed by atoms with E-state index in [9.17, 15) is 22.8 Å². The number of nitrogens with one attached hydrogen (secondary N) is 2. The summed E-state index contributed by atoms with van der Waals surface area (Å²) in [5.74, 6) is -0.420. The van der Waals surface area contributed by atoms with Crippen molar-refractivity contribution in [3.05, 3.63) is 58.6 Å². The Morgan fingerprint density at radius 1 is 1.11 bits per heavy atom.